The van der Waals surface area contributed by atoms with Gasteiger partial charge in [-0.1, -0.05) is 0 Å². The quantitative estimate of drug-likeness (QED) is 0.478. The Kier molecular flexibility index (Phi) is 10.3. The van der Waals surface area contributed by atoms with E-state index in [2.05, 4.69) is 15.7 Å². The van der Waals surface area contributed by atoms with Crippen LogP contribution in [0.25, 0.3) is 0 Å². The van der Waals surface area contributed by atoms with Crippen molar-refractivity contribution in [3.63, 3.8) is 0 Å². The summed E-state index contributed by atoms with van der Waals surface area (Å²) in [5.74, 6) is -3.11. The minimum absolute atomic E-state index is 0.0983. The van der Waals surface area contributed by atoms with Crippen LogP contribution in [0.4, 0.5) is 43.7 Å². The van der Waals surface area contributed by atoms with Crippen molar-refractivity contribution in [2.75, 3.05) is 47.8 Å². The summed E-state index contributed by atoms with van der Waals surface area (Å²) in [5, 5.41) is 6.04. The number of thiazole rings is 1. The number of urea groups is 1. The maximum absolute atomic E-state index is 15.0. The van der Waals surface area contributed by atoms with Gasteiger partial charge >= 0.3 is 18.3 Å². The topological polar surface area (TPSA) is 141 Å². The van der Waals surface area contributed by atoms with Crippen molar-refractivity contribution in [3.8, 4) is 0 Å². The molecule has 2 aromatic rings. The van der Waals surface area contributed by atoms with E-state index in [4.69, 9.17) is 14.3 Å². The van der Waals surface area contributed by atoms with Gasteiger partial charge in [0.05, 0.1) is 18.8 Å². The number of nitrogens with zero attached hydrogens (tertiary/aromatic N) is 4. The number of hydrazine groups is 1. The molecule has 2 aliphatic rings. The maximum Gasteiger partial charge on any atom is 0.414 e. The SMILES string of the molecule is O=C(CC[C@H]1CN(c2cc(F)c(N3CCNN(C(=O)Nc4nccs4)CC3)c(F)c2)C(=O)O1)C(F)F.O=C=O. The summed E-state index contributed by atoms with van der Waals surface area (Å²) in [7, 11) is 0. The number of nitrogens with one attached hydrogen (secondary N) is 2. The number of benzene rings is 1. The summed E-state index contributed by atoms with van der Waals surface area (Å²) in [6, 6.07) is 1.51. The van der Waals surface area contributed by atoms with E-state index in [0.29, 0.717) is 5.13 Å². The Morgan fingerprint density at radius 3 is 2.51 bits per heavy atom. The van der Waals surface area contributed by atoms with E-state index >= 15 is 8.78 Å². The van der Waals surface area contributed by atoms with Gasteiger partial charge in [0.25, 0.3) is 6.43 Å². The Morgan fingerprint density at radius 1 is 1.21 bits per heavy atom. The van der Waals surface area contributed by atoms with Gasteiger partial charge in [-0.05, 0) is 6.42 Å². The zero-order valence-corrected chi connectivity index (χ0v) is 20.9. The van der Waals surface area contributed by atoms with Crippen molar-refractivity contribution in [2.24, 2.45) is 0 Å². The van der Waals surface area contributed by atoms with E-state index in [-0.39, 0.29) is 56.7 Å². The van der Waals surface area contributed by atoms with Crippen molar-refractivity contribution >= 4 is 51.9 Å². The highest BCUT2D eigenvalue weighted by atomic mass is 32.1. The molecular formula is C22H22F4N6O6S. The second-order valence-electron chi connectivity index (χ2n) is 8.08. The Labute approximate surface area is 222 Å². The van der Waals surface area contributed by atoms with Crippen LogP contribution in [0.15, 0.2) is 23.7 Å². The van der Waals surface area contributed by atoms with Gasteiger partial charge in [-0.15, -0.1) is 11.3 Å². The molecule has 3 heterocycles. The fourth-order valence-corrected chi connectivity index (χ4v) is 4.40. The Bertz CT molecular complexity index is 1190. The number of ether oxygens (including phenoxy) is 1. The van der Waals surface area contributed by atoms with Crippen LogP contribution in [0.3, 0.4) is 0 Å². The molecule has 17 heteroatoms. The summed E-state index contributed by atoms with van der Waals surface area (Å²) < 4.78 is 59.9. The minimum atomic E-state index is -3.11. The van der Waals surface area contributed by atoms with E-state index in [1.54, 1.807) is 11.6 Å². The highest BCUT2D eigenvalue weighted by molar-refractivity contribution is 7.13. The molecule has 2 N–H and O–H groups in total. The molecule has 1 aromatic carbocycles. The van der Waals surface area contributed by atoms with Gasteiger partial charge in [0, 0.05) is 49.8 Å². The predicted octanol–water partition coefficient (Wildman–Crippen LogP) is 2.64. The van der Waals surface area contributed by atoms with E-state index in [1.807, 2.05) is 0 Å². The van der Waals surface area contributed by atoms with Crippen molar-refractivity contribution in [3.05, 3.63) is 35.3 Å². The smallest absolute Gasteiger partial charge is 0.414 e. The van der Waals surface area contributed by atoms with Crippen LogP contribution in [0.1, 0.15) is 12.8 Å². The molecule has 0 bridgehead atoms. The molecule has 2 fully saturated rings. The average molecular weight is 575 g/mol. The second kappa shape index (κ2) is 13.6. The van der Waals surface area contributed by atoms with Crippen LogP contribution in [0, 0.1) is 11.6 Å². The molecule has 1 aromatic heterocycles. The molecule has 39 heavy (non-hydrogen) atoms. The molecule has 210 valence electrons. The van der Waals surface area contributed by atoms with E-state index < -0.39 is 48.5 Å². The Hall–Kier alpha value is -4.08. The molecule has 1 atom stereocenters. The average Bonchev–Trinajstić information content (AvgIpc) is 3.45. The fourth-order valence-electron chi connectivity index (χ4n) is 3.88. The molecule has 3 amide bonds. The van der Waals surface area contributed by atoms with Crippen LogP contribution >= 0.6 is 11.3 Å². The number of aromatic nitrogens is 1. The van der Waals surface area contributed by atoms with Gasteiger partial charge in [0.2, 0.25) is 0 Å². The number of hydrogen-bond donors (Lipinski definition) is 2. The first kappa shape index (κ1) is 29.5. The number of alkyl halides is 2. The van der Waals surface area contributed by atoms with Crippen LogP contribution in [-0.4, -0.2) is 79.3 Å². The van der Waals surface area contributed by atoms with Crippen LogP contribution < -0.4 is 20.5 Å². The third-order valence-corrected chi connectivity index (χ3v) is 6.32. The number of anilines is 3. The van der Waals surface area contributed by atoms with Crippen molar-refractivity contribution in [2.45, 2.75) is 25.4 Å². The summed E-state index contributed by atoms with van der Waals surface area (Å²) in [5.41, 5.74) is 2.49. The molecule has 0 aliphatic carbocycles. The van der Waals surface area contributed by atoms with Crippen molar-refractivity contribution in [1.82, 2.24) is 15.4 Å². The lowest BCUT2D eigenvalue weighted by Gasteiger charge is -2.25. The third kappa shape index (κ3) is 7.72. The fraction of sp³-hybridized carbons (Fsp3) is 0.409. The molecule has 0 saturated carbocycles. The van der Waals surface area contributed by atoms with E-state index in [0.717, 1.165) is 17.0 Å². The van der Waals surface area contributed by atoms with Crippen LogP contribution in [0.2, 0.25) is 0 Å². The first-order valence-electron chi connectivity index (χ1n) is 11.4. The number of rotatable bonds is 7. The first-order valence-corrected chi connectivity index (χ1v) is 12.3. The number of carbonyl (C=O) groups is 3. The molecule has 4 rings (SSSR count). The largest absolute Gasteiger partial charge is 0.444 e. The van der Waals surface area contributed by atoms with E-state index in [1.165, 1.54) is 21.2 Å². The highest BCUT2D eigenvalue weighted by Gasteiger charge is 2.34. The number of cyclic esters (lactones) is 1. The monoisotopic (exact) mass is 574 g/mol. The Balaban J connectivity index is 0.00000134. The van der Waals surface area contributed by atoms with Gasteiger partial charge < -0.3 is 9.64 Å². The number of Topliss-reactive ketones (excluding diaryl/α,β-unsaturated/α-hetero) is 1. The van der Waals surface area contributed by atoms with Crippen LogP contribution in [-0.2, 0) is 19.1 Å². The summed E-state index contributed by atoms with van der Waals surface area (Å²) in [4.78, 5) is 58.4. The van der Waals surface area contributed by atoms with Gasteiger partial charge in [-0.25, -0.2) is 37.6 Å². The molecule has 12 nitrogen and oxygen atoms in total. The third-order valence-electron chi connectivity index (χ3n) is 5.63. The van der Waals surface area contributed by atoms with E-state index in [9.17, 15) is 23.2 Å². The number of ketones is 1. The normalized spacial score (nSPS) is 17.2. The Morgan fingerprint density at radius 2 is 1.90 bits per heavy atom. The molecule has 0 unspecified atom stereocenters. The number of amides is 3. The lowest BCUT2D eigenvalue weighted by molar-refractivity contribution is -0.191. The summed E-state index contributed by atoms with van der Waals surface area (Å²) >= 11 is 1.25. The van der Waals surface area contributed by atoms with Gasteiger partial charge in [0.1, 0.15) is 11.8 Å². The lowest BCUT2D eigenvalue weighted by Crippen LogP contribution is -2.46. The maximum atomic E-state index is 15.0. The summed E-state index contributed by atoms with van der Waals surface area (Å²) in [6.07, 6.45) is -3.66. The lowest BCUT2D eigenvalue weighted by atomic mass is 10.1. The van der Waals surface area contributed by atoms with Gasteiger partial charge in [0.15, 0.2) is 22.5 Å². The molecule has 2 saturated heterocycles. The van der Waals surface area contributed by atoms with Crippen molar-refractivity contribution in [1.29, 1.82) is 0 Å². The first-order chi connectivity index (χ1) is 18.6. The van der Waals surface area contributed by atoms with Crippen molar-refractivity contribution < 1.29 is 46.3 Å². The standard InChI is InChI=1S/C21H22F4N6O4S.CO2/c22-14-9-12(30-11-13(35-21(30)34)1-2-16(32)18(24)25)10-15(23)17(14)29-5-3-27-31(7-6-29)20(33)28-19-26-4-8-36-19;2-1-3/h4,8-10,13,18,27H,1-3,5-7,11H2,(H,26,28,33);/t13-;/m0./s1. The highest BCUT2D eigenvalue weighted by Crippen LogP contribution is 2.32. The number of halogens is 4. The van der Waals surface area contributed by atoms with Crippen LogP contribution in [0.5, 0.6) is 0 Å². The molecular weight excluding hydrogens is 552 g/mol. The zero-order chi connectivity index (χ0) is 28.5. The number of hydrogen-bond acceptors (Lipinski definition) is 10. The predicted molar refractivity (Wildman–Crippen MR) is 127 cm³/mol. The molecule has 2 aliphatic heterocycles. The minimum Gasteiger partial charge on any atom is -0.444 e. The zero-order valence-electron chi connectivity index (χ0n) is 20.1. The number of carbonyl (C=O) groups excluding carboxylic acids is 5. The van der Waals surface area contributed by atoms with Gasteiger partial charge in [-0.3, -0.25) is 20.0 Å². The molecule has 0 radical (unpaired) electrons. The second-order valence-corrected chi connectivity index (χ2v) is 8.97. The van der Waals surface area contributed by atoms with Gasteiger partial charge in [-0.2, -0.15) is 9.59 Å². The molecule has 0 spiro atoms. The summed E-state index contributed by atoms with van der Waals surface area (Å²) in [6.45, 7) is 0.529.